The predicted molar refractivity (Wildman–Crippen MR) is 104 cm³/mol. The molecule has 0 fully saturated rings. The molecule has 1 aromatic heterocycles. The van der Waals surface area contributed by atoms with Crippen LogP contribution in [0.15, 0.2) is 42.6 Å². The monoisotopic (exact) mass is 362 g/mol. The van der Waals surface area contributed by atoms with Crippen molar-refractivity contribution >= 4 is 22.8 Å². The van der Waals surface area contributed by atoms with Gasteiger partial charge in [0.2, 0.25) is 5.91 Å². The molecule has 2 aromatic carbocycles. The number of para-hydroxylation sites is 1. The number of carbonyl (C=O) groups is 2. The van der Waals surface area contributed by atoms with Gasteiger partial charge in [0.15, 0.2) is 0 Å². The highest BCUT2D eigenvalue weighted by atomic mass is 16.4. The number of H-pyrrole nitrogens is 1. The van der Waals surface area contributed by atoms with Gasteiger partial charge >= 0.3 is 5.97 Å². The molecule has 2 N–H and O–H groups in total. The van der Waals surface area contributed by atoms with E-state index in [9.17, 15) is 14.7 Å². The maximum absolute atomic E-state index is 12.7. The molecule has 1 amide bonds. The van der Waals surface area contributed by atoms with E-state index >= 15 is 0 Å². The lowest BCUT2D eigenvalue weighted by Gasteiger charge is -2.29. The van der Waals surface area contributed by atoms with Gasteiger partial charge in [-0.1, -0.05) is 24.3 Å². The molecule has 0 saturated heterocycles. The second kappa shape index (κ2) is 6.91. The Morgan fingerprint density at radius 3 is 2.85 bits per heavy atom. The van der Waals surface area contributed by atoms with Crippen LogP contribution in [0.4, 0.5) is 0 Å². The van der Waals surface area contributed by atoms with E-state index in [0.717, 1.165) is 28.6 Å². The molecule has 27 heavy (non-hydrogen) atoms. The molecule has 138 valence electrons. The van der Waals surface area contributed by atoms with Crippen LogP contribution in [0.5, 0.6) is 0 Å². The van der Waals surface area contributed by atoms with Crippen molar-refractivity contribution in [1.29, 1.82) is 0 Å². The number of fused-ring (bicyclic) bond motifs is 2. The van der Waals surface area contributed by atoms with E-state index in [0.29, 0.717) is 25.9 Å². The van der Waals surface area contributed by atoms with Gasteiger partial charge in [0, 0.05) is 36.6 Å². The number of amides is 1. The summed E-state index contributed by atoms with van der Waals surface area (Å²) in [7, 11) is 0. The maximum Gasteiger partial charge on any atom is 0.335 e. The normalized spacial score (nSPS) is 13.6. The number of aryl methyl sites for hydroxylation is 2. The number of aromatic amines is 1. The first-order valence-electron chi connectivity index (χ1n) is 9.21. The van der Waals surface area contributed by atoms with Crippen molar-refractivity contribution in [2.24, 2.45) is 0 Å². The Balaban J connectivity index is 1.45. The summed E-state index contributed by atoms with van der Waals surface area (Å²) >= 11 is 0. The van der Waals surface area contributed by atoms with Crippen LogP contribution in [-0.4, -0.2) is 33.4 Å². The zero-order valence-corrected chi connectivity index (χ0v) is 15.3. The summed E-state index contributed by atoms with van der Waals surface area (Å²) in [6.45, 7) is 3.25. The maximum atomic E-state index is 12.7. The minimum absolute atomic E-state index is 0.114. The van der Waals surface area contributed by atoms with E-state index < -0.39 is 5.97 Å². The van der Waals surface area contributed by atoms with E-state index in [4.69, 9.17) is 0 Å². The number of nitrogens with one attached hydrogen (secondary N) is 1. The molecular weight excluding hydrogens is 340 g/mol. The van der Waals surface area contributed by atoms with Crippen LogP contribution >= 0.6 is 0 Å². The molecule has 3 aromatic rings. The van der Waals surface area contributed by atoms with Crippen LogP contribution in [0.1, 0.15) is 39.0 Å². The van der Waals surface area contributed by atoms with Crippen LogP contribution < -0.4 is 0 Å². The molecule has 0 spiro atoms. The first kappa shape index (κ1) is 17.3. The lowest BCUT2D eigenvalue weighted by molar-refractivity contribution is -0.132. The quantitative estimate of drug-likeness (QED) is 0.743. The number of carboxylic acids is 1. The zero-order valence-electron chi connectivity index (χ0n) is 15.3. The van der Waals surface area contributed by atoms with Gasteiger partial charge in [-0.2, -0.15) is 0 Å². The smallest absolute Gasteiger partial charge is 0.335 e. The molecule has 1 aliphatic rings. The summed E-state index contributed by atoms with van der Waals surface area (Å²) in [5, 5.41) is 10.4. The third-order valence-electron chi connectivity index (χ3n) is 5.44. The minimum atomic E-state index is -0.934. The Hall–Kier alpha value is -3.08. The largest absolute Gasteiger partial charge is 0.478 e. The van der Waals surface area contributed by atoms with Crippen molar-refractivity contribution in [2.75, 3.05) is 6.54 Å². The number of aromatic nitrogens is 1. The Bertz CT molecular complexity index is 1040. The Morgan fingerprint density at radius 1 is 1.19 bits per heavy atom. The molecule has 0 atom stereocenters. The summed E-state index contributed by atoms with van der Waals surface area (Å²) < 4.78 is 0. The van der Waals surface area contributed by atoms with Crippen molar-refractivity contribution in [2.45, 2.75) is 32.7 Å². The number of hydrogen-bond donors (Lipinski definition) is 2. The molecule has 5 nitrogen and oxygen atoms in total. The molecule has 0 bridgehead atoms. The average Bonchev–Trinajstić information content (AvgIpc) is 3.09. The van der Waals surface area contributed by atoms with E-state index in [1.54, 1.807) is 12.1 Å². The molecule has 5 heteroatoms. The van der Waals surface area contributed by atoms with E-state index in [2.05, 4.69) is 24.0 Å². The number of carboxylic acid groups (broad SMARTS) is 1. The topological polar surface area (TPSA) is 73.4 Å². The van der Waals surface area contributed by atoms with Gasteiger partial charge in [0.05, 0.1) is 5.56 Å². The fraction of sp³-hybridized carbons (Fsp3) is 0.273. The summed E-state index contributed by atoms with van der Waals surface area (Å²) in [6, 6.07) is 11.4. The van der Waals surface area contributed by atoms with Crippen LogP contribution in [0.2, 0.25) is 0 Å². The standard InChI is InChI=1S/C22H22N2O3/c1-14-3-2-4-19-17(12-23-21(14)19)7-8-20(25)24-10-9-15-5-6-16(22(26)27)11-18(15)13-24/h2-6,11-12,23H,7-10,13H2,1H3,(H,26,27). The molecule has 2 heterocycles. The first-order chi connectivity index (χ1) is 13.0. The second-order valence-corrected chi connectivity index (χ2v) is 7.17. The van der Waals surface area contributed by atoms with E-state index in [1.807, 2.05) is 23.2 Å². The predicted octanol–water partition coefficient (Wildman–Crippen LogP) is 3.69. The number of rotatable bonds is 4. The van der Waals surface area contributed by atoms with Gasteiger partial charge in [0.1, 0.15) is 0 Å². The third kappa shape index (κ3) is 3.33. The van der Waals surface area contributed by atoms with Crippen molar-refractivity contribution in [3.63, 3.8) is 0 Å². The van der Waals surface area contributed by atoms with Crippen LogP contribution in [-0.2, 0) is 24.2 Å². The number of carbonyl (C=O) groups excluding carboxylic acids is 1. The van der Waals surface area contributed by atoms with Crippen molar-refractivity contribution in [1.82, 2.24) is 9.88 Å². The Labute approximate surface area is 157 Å². The van der Waals surface area contributed by atoms with Gasteiger partial charge < -0.3 is 15.0 Å². The van der Waals surface area contributed by atoms with Gasteiger partial charge in [-0.25, -0.2) is 4.79 Å². The van der Waals surface area contributed by atoms with E-state index in [1.165, 1.54) is 10.9 Å². The Kier molecular flexibility index (Phi) is 4.44. The van der Waals surface area contributed by atoms with Crippen molar-refractivity contribution < 1.29 is 14.7 Å². The van der Waals surface area contributed by atoms with Crippen molar-refractivity contribution in [3.8, 4) is 0 Å². The van der Waals surface area contributed by atoms with Crippen LogP contribution in [0, 0.1) is 6.92 Å². The number of nitrogens with zero attached hydrogens (tertiary/aromatic N) is 1. The third-order valence-corrected chi connectivity index (χ3v) is 5.44. The second-order valence-electron chi connectivity index (χ2n) is 7.17. The summed E-state index contributed by atoms with van der Waals surface area (Å²) in [5.41, 5.74) is 5.85. The van der Waals surface area contributed by atoms with Gasteiger partial charge in [-0.3, -0.25) is 4.79 Å². The number of aromatic carboxylic acids is 1. The highest BCUT2D eigenvalue weighted by molar-refractivity contribution is 5.88. The zero-order chi connectivity index (χ0) is 19.0. The molecule has 1 aliphatic heterocycles. The average molecular weight is 362 g/mol. The summed E-state index contributed by atoms with van der Waals surface area (Å²) in [6.07, 6.45) is 3.92. The fourth-order valence-electron chi connectivity index (χ4n) is 3.87. The van der Waals surface area contributed by atoms with Gasteiger partial charge in [0.25, 0.3) is 0 Å². The highest BCUT2D eigenvalue weighted by Crippen LogP contribution is 2.24. The van der Waals surface area contributed by atoms with Crippen LogP contribution in [0.25, 0.3) is 10.9 Å². The highest BCUT2D eigenvalue weighted by Gasteiger charge is 2.21. The molecule has 0 radical (unpaired) electrons. The molecule has 0 unspecified atom stereocenters. The lowest BCUT2D eigenvalue weighted by atomic mass is 9.97. The minimum Gasteiger partial charge on any atom is -0.478 e. The summed E-state index contributed by atoms with van der Waals surface area (Å²) in [4.78, 5) is 29.1. The SMILES string of the molecule is Cc1cccc2c(CCC(=O)N3CCc4ccc(C(=O)O)cc4C3)c[nH]c12. The number of hydrogen-bond acceptors (Lipinski definition) is 2. The van der Waals surface area contributed by atoms with Gasteiger partial charge in [-0.15, -0.1) is 0 Å². The van der Waals surface area contributed by atoms with E-state index in [-0.39, 0.29) is 11.5 Å². The molecule has 0 saturated carbocycles. The molecular formula is C22H22N2O3. The Morgan fingerprint density at radius 2 is 2.04 bits per heavy atom. The fourth-order valence-corrected chi connectivity index (χ4v) is 3.87. The summed E-state index contributed by atoms with van der Waals surface area (Å²) in [5.74, 6) is -0.820. The van der Waals surface area contributed by atoms with Crippen molar-refractivity contribution in [3.05, 3.63) is 70.4 Å². The van der Waals surface area contributed by atoms with Gasteiger partial charge in [-0.05, 0) is 54.2 Å². The molecule has 0 aliphatic carbocycles. The van der Waals surface area contributed by atoms with Crippen LogP contribution in [0.3, 0.4) is 0 Å². The molecule has 4 rings (SSSR count). The number of benzene rings is 2. The lowest BCUT2D eigenvalue weighted by Crippen LogP contribution is -2.36. The first-order valence-corrected chi connectivity index (χ1v) is 9.21.